The Balaban J connectivity index is 1.77. The number of nitrogens with one attached hydrogen (secondary N) is 2. The van der Waals surface area contributed by atoms with Crippen molar-refractivity contribution >= 4 is 17.7 Å². The Bertz CT molecular complexity index is 692. The van der Waals surface area contributed by atoms with Crippen molar-refractivity contribution in [2.75, 3.05) is 33.3 Å². The van der Waals surface area contributed by atoms with Crippen LogP contribution in [0.15, 0.2) is 24.3 Å². The normalized spacial score (nSPS) is 17.9. The molecule has 0 radical (unpaired) electrons. The number of hydrogen-bond donors (Lipinski definition) is 3. The molecule has 1 fully saturated rings. The molecular formula is C21H32N4O4. The van der Waals surface area contributed by atoms with Gasteiger partial charge in [0, 0.05) is 20.0 Å². The maximum absolute atomic E-state index is 12.4. The van der Waals surface area contributed by atoms with Crippen LogP contribution in [0.4, 0.5) is 0 Å². The first-order valence-corrected chi connectivity index (χ1v) is 10.1. The molecule has 0 aromatic heterocycles. The molecule has 160 valence electrons. The maximum atomic E-state index is 12.4. The third-order valence-corrected chi connectivity index (χ3v) is 5.17. The van der Waals surface area contributed by atoms with E-state index in [9.17, 15) is 14.4 Å². The molecule has 2 rings (SSSR count). The Kier molecular flexibility index (Phi) is 8.92. The Morgan fingerprint density at radius 1 is 1.28 bits per heavy atom. The van der Waals surface area contributed by atoms with Crippen LogP contribution in [0.2, 0.25) is 0 Å². The lowest BCUT2D eigenvalue weighted by atomic mass is 9.97. The SMILES string of the molecule is COc1ccc(C(CC(=O)NCCCN2CCCC(C(N)=O)C2)NC(C)=O)cc1. The standard InChI is InChI=1S/C21H32N4O4/c1-15(26)24-19(16-6-8-18(29-2)9-7-16)13-20(27)23-10-4-12-25-11-3-5-17(14-25)21(22)28/h6-9,17,19H,3-5,10-14H2,1-2H3,(H2,22,28)(H,23,27)(H,24,26). The fourth-order valence-electron chi connectivity index (χ4n) is 3.61. The summed E-state index contributed by atoms with van der Waals surface area (Å²) in [5, 5.41) is 5.75. The van der Waals surface area contributed by atoms with Gasteiger partial charge in [-0.25, -0.2) is 0 Å². The van der Waals surface area contributed by atoms with Crippen LogP contribution in [0, 0.1) is 5.92 Å². The van der Waals surface area contributed by atoms with E-state index in [4.69, 9.17) is 10.5 Å². The summed E-state index contributed by atoms with van der Waals surface area (Å²) < 4.78 is 5.15. The van der Waals surface area contributed by atoms with Gasteiger partial charge in [-0.3, -0.25) is 14.4 Å². The third kappa shape index (κ3) is 7.73. The van der Waals surface area contributed by atoms with Crippen molar-refractivity contribution < 1.29 is 19.1 Å². The molecule has 1 aliphatic heterocycles. The predicted octanol–water partition coefficient (Wildman–Crippen LogP) is 0.966. The van der Waals surface area contributed by atoms with Gasteiger partial charge in [-0.1, -0.05) is 12.1 Å². The van der Waals surface area contributed by atoms with Crippen molar-refractivity contribution in [3.05, 3.63) is 29.8 Å². The summed E-state index contributed by atoms with van der Waals surface area (Å²) in [4.78, 5) is 37.5. The lowest BCUT2D eigenvalue weighted by Crippen LogP contribution is -2.42. The summed E-state index contributed by atoms with van der Waals surface area (Å²) in [6.45, 7) is 4.46. The number of rotatable bonds is 10. The number of piperidine rings is 1. The van der Waals surface area contributed by atoms with Crippen molar-refractivity contribution in [3.63, 3.8) is 0 Å². The zero-order valence-electron chi connectivity index (χ0n) is 17.3. The first-order valence-electron chi connectivity index (χ1n) is 10.1. The smallest absolute Gasteiger partial charge is 0.222 e. The Morgan fingerprint density at radius 3 is 2.62 bits per heavy atom. The van der Waals surface area contributed by atoms with Crippen molar-refractivity contribution in [2.45, 2.75) is 38.6 Å². The molecule has 1 aliphatic rings. The zero-order valence-corrected chi connectivity index (χ0v) is 17.3. The van der Waals surface area contributed by atoms with E-state index in [0.29, 0.717) is 13.1 Å². The van der Waals surface area contributed by atoms with Crippen molar-refractivity contribution in [1.82, 2.24) is 15.5 Å². The van der Waals surface area contributed by atoms with Crippen molar-refractivity contribution in [3.8, 4) is 5.75 Å². The van der Waals surface area contributed by atoms with E-state index in [-0.39, 0.29) is 30.1 Å². The molecule has 1 aromatic rings. The molecule has 1 heterocycles. The third-order valence-electron chi connectivity index (χ3n) is 5.17. The van der Waals surface area contributed by atoms with Crippen LogP contribution >= 0.6 is 0 Å². The molecule has 8 heteroatoms. The molecular weight excluding hydrogens is 372 g/mol. The number of ether oxygens (including phenoxy) is 1. The van der Waals surface area contributed by atoms with Crippen molar-refractivity contribution in [2.24, 2.45) is 11.7 Å². The monoisotopic (exact) mass is 404 g/mol. The van der Waals surface area contributed by atoms with Crippen LogP contribution in [-0.4, -0.2) is 55.9 Å². The summed E-state index contributed by atoms with van der Waals surface area (Å²) in [5.74, 6) is 0.115. The molecule has 8 nitrogen and oxygen atoms in total. The van der Waals surface area contributed by atoms with E-state index >= 15 is 0 Å². The second-order valence-electron chi connectivity index (χ2n) is 7.48. The number of carbonyl (C=O) groups excluding carboxylic acids is 3. The molecule has 2 atom stereocenters. The lowest BCUT2D eigenvalue weighted by Gasteiger charge is -2.31. The average Bonchev–Trinajstić information content (AvgIpc) is 2.70. The lowest BCUT2D eigenvalue weighted by molar-refractivity contribution is -0.124. The molecule has 4 N–H and O–H groups in total. The van der Waals surface area contributed by atoms with Crippen LogP contribution in [0.3, 0.4) is 0 Å². The highest BCUT2D eigenvalue weighted by Gasteiger charge is 2.23. The average molecular weight is 405 g/mol. The number of nitrogens with two attached hydrogens (primary N) is 1. The number of hydrogen-bond acceptors (Lipinski definition) is 5. The highest BCUT2D eigenvalue weighted by atomic mass is 16.5. The van der Waals surface area contributed by atoms with Gasteiger partial charge in [0.2, 0.25) is 17.7 Å². The van der Waals surface area contributed by atoms with Gasteiger partial charge in [-0.05, 0) is 50.0 Å². The predicted molar refractivity (Wildman–Crippen MR) is 110 cm³/mol. The Morgan fingerprint density at radius 2 is 2.00 bits per heavy atom. The molecule has 2 unspecified atom stereocenters. The van der Waals surface area contributed by atoms with Crippen LogP contribution in [-0.2, 0) is 14.4 Å². The Hall–Kier alpha value is -2.61. The minimum Gasteiger partial charge on any atom is -0.497 e. The molecule has 3 amide bonds. The highest BCUT2D eigenvalue weighted by molar-refractivity contribution is 5.79. The summed E-state index contributed by atoms with van der Waals surface area (Å²) >= 11 is 0. The number of primary amides is 1. The van der Waals surface area contributed by atoms with Crippen LogP contribution < -0.4 is 21.1 Å². The van der Waals surface area contributed by atoms with Gasteiger partial charge in [-0.15, -0.1) is 0 Å². The first-order chi connectivity index (χ1) is 13.9. The topological polar surface area (TPSA) is 114 Å². The molecule has 0 saturated carbocycles. The van der Waals surface area contributed by atoms with Gasteiger partial charge >= 0.3 is 0 Å². The quantitative estimate of drug-likeness (QED) is 0.503. The molecule has 1 saturated heterocycles. The summed E-state index contributed by atoms with van der Waals surface area (Å²) in [6, 6.07) is 6.91. The van der Waals surface area contributed by atoms with E-state index < -0.39 is 6.04 Å². The van der Waals surface area contributed by atoms with Crippen LogP contribution in [0.25, 0.3) is 0 Å². The summed E-state index contributed by atoms with van der Waals surface area (Å²) in [5.41, 5.74) is 6.26. The zero-order chi connectivity index (χ0) is 21.2. The van der Waals surface area contributed by atoms with E-state index in [0.717, 1.165) is 43.7 Å². The van der Waals surface area contributed by atoms with E-state index in [1.807, 2.05) is 12.1 Å². The number of likely N-dealkylation sites (tertiary alicyclic amines) is 1. The van der Waals surface area contributed by atoms with Gasteiger partial charge in [0.25, 0.3) is 0 Å². The van der Waals surface area contributed by atoms with E-state index in [2.05, 4.69) is 15.5 Å². The van der Waals surface area contributed by atoms with Gasteiger partial charge in [-0.2, -0.15) is 0 Å². The fraction of sp³-hybridized carbons (Fsp3) is 0.571. The van der Waals surface area contributed by atoms with E-state index in [1.54, 1.807) is 19.2 Å². The number of carbonyl (C=O) groups is 3. The maximum Gasteiger partial charge on any atom is 0.222 e. The van der Waals surface area contributed by atoms with Gasteiger partial charge in [0.15, 0.2) is 0 Å². The molecule has 0 bridgehead atoms. The van der Waals surface area contributed by atoms with Gasteiger partial charge < -0.3 is 26.0 Å². The minimum absolute atomic E-state index is 0.0683. The fourth-order valence-corrected chi connectivity index (χ4v) is 3.61. The molecule has 0 spiro atoms. The Labute approximate surface area is 172 Å². The largest absolute Gasteiger partial charge is 0.497 e. The van der Waals surface area contributed by atoms with Gasteiger partial charge in [0.1, 0.15) is 5.75 Å². The molecule has 1 aromatic carbocycles. The van der Waals surface area contributed by atoms with Gasteiger partial charge in [0.05, 0.1) is 25.5 Å². The first kappa shape index (κ1) is 22.7. The number of nitrogens with zero attached hydrogens (tertiary/aromatic N) is 1. The number of benzene rings is 1. The van der Waals surface area contributed by atoms with Crippen LogP contribution in [0.5, 0.6) is 5.75 Å². The minimum atomic E-state index is -0.392. The second kappa shape index (κ2) is 11.4. The number of methoxy groups -OCH3 is 1. The molecule has 29 heavy (non-hydrogen) atoms. The summed E-state index contributed by atoms with van der Waals surface area (Å²) in [7, 11) is 1.59. The highest BCUT2D eigenvalue weighted by Crippen LogP contribution is 2.20. The van der Waals surface area contributed by atoms with Crippen molar-refractivity contribution in [1.29, 1.82) is 0 Å². The summed E-state index contributed by atoms with van der Waals surface area (Å²) in [6.07, 6.45) is 2.79. The second-order valence-corrected chi connectivity index (χ2v) is 7.48. The van der Waals surface area contributed by atoms with Crippen LogP contribution in [0.1, 0.15) is 44.2 Å². The number of amides is 3. The van der Waals surface area contributed by atoms with E-state index in [1.165, 1.54) is 6.92 Å². The molecule has 0 aliphatic carbocycles.